The van der Waals surface area contributed by atoms with Crippen LogP contribution in [0, 0.1) is 0 Å². The van der Waals surface area contributed by atoms with Crippen molar-refractivity contribution in [2.24, 2.45) is 0 Å². The zero-order valence-electron chi connectivity index (χ0n) is 18.0. The summed E-state index contributed by atoms with van der Waals surface area (Å²) in [5, 5.41) is 0. The third-order valence-electron chi connectivity index (χ3n) is 5.22. The van der Waals surface area contributed by atoms with E-state index in [1.807, 2.05) is 42.5 Å². The fourth-order valence-electron chi connectivity index (χ4n) is 3.46. The average Bonchev–Trinajstić information content (AvgIpc) is 3.32. The third-order valence-corrected chi connectivity index (χ3v) is 6.62. The largest absolute Gasteiger partial charge is 0.436 e. The van der Waals surface area contributed by atoms with Gasteiger partial charge in [0, 0.05) is 35.6 Å². The molecular weight excluding hydrogens is 422 g/mol. The Bertz CT molecular complexity index is 1260. The highest BCUT2D eigenvalue weighted by Gasteiger charge is 2.16. The molecule has 0 spiro atoms. The topological polar surface area (TPSA) is 75.4 Å². The van der Waals surface area contributed by atoms with Gasteiger partial charge in [-0.1, -0.05) is 30.3 Å². The number of nitrogens with one attached hydrogen (secondary N) is 1. The van der Waals surface area contributed by atoms with Crippen molar-refractivity contribution in [3.8, 4) is 22.8 Å². The van der Waals surface area contributed by atoms with Gasteiger partial charge in [-0.05, 0) is 62.4 Å². The van der Waals surface area contributed by atoms with E-state index in [1.165, 1.54) is 0 Å². The molecule has 4 rings (SSSR count). The predicted molar refractivity (Wildman–Crippen MR) is 128 cm³/mol. The number of hydrogen-bond donors (Lipinski definition) is 1. The molecule has 1 heterocycles. The summed E-state index contributed by atoms with van der Waals surface area (Å²) in [6.07, 6.45) is 1.67. The zero-order valence-corrected chi connectivity index (χ0v) is 18.8. The molecular formula is C25H25N3O3S. The maximum Gasteiger partial charge on any atom is 0.261 e. The van der Waals surface area contributed by atoms with Gasteiger partial charge in [0.1, 0.15) is 0 Å². The molecule has 0 atom stereocenters. The van der Waals surface area contributed by atoms with Gasteiger partial charge in [-0.15, -0.1) is 0 Å². The molecule has 4 aromatic rings. The van der Waals surface area contributed by atoms with Gasteiger partial charge < -0.3 is 9.32 Å². The molecule has 0 aliphatic rings. The van der Waals surface area contributed by atoms with Crippen molar-refractivity contribution < 1.29 is 12.8 Å². The van der Waals surface area contributed by atoms with Crippen molar-refractivity contribution >= 4 is 21.4 Å². The minimum Gasteiger partial charge on any atom is -0.436 e. The number of sulfonamides is 1. The quantitative estimate of drug-likeness (QED) is 0.377. The second-order valence-corrected chi connectivity index (χ2v) is 8.93. The van der Waals surface area contributed by atoms with E-state index in [0.29, 0.717) is 22.9 Å². The average molecular weight is 448 g/mol. The highest BCUT2D eigenvalue weighted by molar-refractivity contribution is 7.92. The second-order valence-electron chi connectivity index (χ2n) is 7.24. The Labute approximate surface area is 188 Å². The molecule has 0 bridgehead atoms. The lowest BCUT2D eigenvalue weighted by molar-refractivity contribution is 0.588. The van der Waals surface area contributed by atoms with Crippen molar-refractivity contribution in [3.05, 3.63) is 85.1 Å². The Morgan fingerprint density at radius 3 is 2.12 bits per heavy atom. The minimum atomic E-state index is -3.71. The van der Waals surface area contributed by atoms with Crippen molar-refractivity contribution in [2.45, 2.75) is 18.7 Å². The van der Waals surface area contributed by atoms with Gasteiger partial charge in [0.25, 0.3) is 10.0 Å². The third kappa shape index (κ3) is 4.68. The summed E-state index contributed by atoms with van der Waals surface area (Å²) in [4.78, 5) is 6.69. The molecule has 0 saturated carbocycles. The number of benzene rings is 3. The van der Waals surface area contributed by atoms with Crippen LogP contribution in [0.5, 0.6) is 0 Å². The van der Waals surface area contributed by atoms with Crippen LogP contribution in [0.3, 0.4) is 0 Å². The van der Waals surface area contributed by atoms with Crippen molar-refractivity contribution in [3.63, 3.8) is 0 Å². The summed E-state index contributed by atoms with van der Waals surface area (Å²) in [6.45, 7) is 5.96. The van der Waals surface area contributed by atoms with E-state index in [-0.39, 0.29) is 4.90 Å². The molecule has 6 nitrogen and oxygen atoms in total. The molecule has 1 aromatic heterocycles. The van der Waals surface area contributed by atoms with Gasteiger partial charge >= 0.3 is 0 Å². The van der Waals surface area contributed by atoms with E-state index in [2.05, 4.69) is 28.5 Å². The fraction of sp³-hybridized carbons (Fsp3) is 0.160. The van der Waals surface area contributed by atoms with E-state index < -0.39 is 10.0 Å². The summed E-state index contributed by atoms with van der Waals surface area (Å²) >= 11 is 0. The van der Waals surface area contributed by atoms with Crippen molar-refractivity contribution in [1.82, 2.24) is 4.98 Å². The molecule has 0 amide bonds. The molecule has 0 fully saturated rings. The first kappa shape index (κ1) is 21.6. The summed E-state index contributed by atoms with van der Waals surface area (Å²) in [5.41, 5.74) is 3.21. The van der Waals surface area contributed by atoms with Crippen LogP contribution >= 0.6 is 0 Å². The van der Waals surface area contributed by atoms with Crippen LogP contribution in [0.25, 0.3) is 22.8 Å². The van der Waals surface area contributed by atoms with Crippen LogP contribution in [0.4, 0.5) is 11.4 Å². The van der Waals surface area contributed by atoms with E-state index in [9.17, 15) is 8.42 Å². The van der Waals surface area contributed by atoms with Gasteiger partial charge in [-0.3, -0.25) is 4.72 Å². The monoisotopic (exact) mass is 447 g/mol. The van der Waals surface area contributed by atoms with Gasteiger partial charge in [-0.25, -0.2) is 13.4 Å². The Balaban J connectivity index is 1.49. The Morgan fingerprint density at radius 2 is 1.50 bits per heavy atom. The van der Waals surface area contributed by atoms with E-state index in [1.54, 1.807) is 42.6 Å². The van der Waals surface area contributed by atoms with Gasteiger partial charge in [0.2, 0.25) is 5.89 Å². The van der Waals surface area contributed by atoms with Crippen LogP contribution < -0.4 is 9.62 Å². The van der Waals surface area contributed by atoms with Gasteiger partial charge in [0.05, 0.1) is 11.1 Å². The summed E-state index contributed by atoms with van der Waals surface area (Å²) in [6, 6.07) is 23.6. The molecule has 0 saturated heterocycles. The number of anilines is 2. The summed E-state index contributed by atoms with van der Waals surface area (Å²) in [5.74, 6) is 1.10. The Morgan fingerprint density at radius 1 is 0.844 bits per heavy atom. The van der Waals surface area contributed by atoms with E-state index in [0.717, 1.165) is 24.3 Å². The zero-order chi connectivity index (χ0) is 22.6. The first-order chi connectivity index (χ1) is 15.5. The molecule has 0 unspecified atom stereocenters. The molecule has 32 heavy (non-hydrogen) atoms. The Kier molecular flexibility index (Phi) is 6.28. The van der Waals surface area contributed by atoms with Crippen molar-refractivity contribution in [2.75, 3.05) is 22.7 Å². The van der Waals surface area contributed by atoms with Crippen LogP contribution in [-0.4, -0.2) is 26.5 Å². The molecule has 1 N–H and O–H groups in total. The number of aromatic nitrogens is 1. The lowest BCUT2D eigenvalue weighted by atomic mass is 10.2. The Hall–Kier alpha value is -3.58. The van der Waals surface area contributed by atoms with Crippen LogP contribution in [0.2, 0.25) is 0 Å². The number of nitrogens with zero attached hydrogens (tertiary/aromatic N) is 2. The molecule has 0 aliphatic heterocycles. The fourth-order valence-corrected chi connectivity index (χ4v) is 4.52. The molecule has 0 aliphatic carbocycles. The number of oxazole rings is 1. The smallest absolute Gasteiger partial charge is 0.261 e. The van der Waals surface area contributed by atoms with Crippen LogP contribution in [0.15, 0.2) is 94.4 Å². The van der Waals surface area contributed by atoms with Gasteiger partial charge in [0.15, 0.2) is 5.76 Å². The molecule has 7 heteroatoms. The highest BCUT2D eigenvalue weighted by atomic mass is 32.2. The van der Waals surface area contributed by atoms with Gasteiger partial charge in [-0.2, -0.15) is 0 Å². The summed E-state index contributed by atoms with van der Waals surface area (Å²) < 4.78 is 34.1. The molecule has 0 radical (unpaired) electrons. The predicted octanol–water partition coefficient (Wildman–Crippen LogP) is 5.66. The maximum atomic E-state index is 12.8. The lowest BCUT2D eigenvalue weighted by Crippen LogP contribution is -2.21. The van der Waals surface area contributed by atoms with E-state index >= 15 is 0 Å². The minimum absolute atomic E-state index is 0.170. The number of rotatable bonds is 8. The SMILES string of the molecule is CCN(CC)c1ccc(NS(=O)(=O)c2ccc(-c3ncc(-c4ccccc4)o3)cc2)cc1. The van der Waals surface area contributed by atoms with E-state index in [4.69, 9.17) is 4.42 Å². The first-order valence-corrected chi connectivity index (χ1v) is 12.0. The lowest BCUT2D eigenvalue weighted by Gasteiger charge is -2.21. The number of hydrogen-bond acceptors (Lipinski definition) is 5. The normalized spacial score (nSPS) is 11.3. The maximum absolute atomic E-state index is 12.8. The molecule has 164 valence electrons. The first-order valence-electron chi connectivity index (χ1n) is 10.5. The van der Waals surface area contributed by atoms with Crippen molar-refractivity contribution in [1.29, 1.82) is 0 Å². The summed E-state index contributed by atoms with van der Waals surface area (Å²) in [7, 11) is -3.71. The highest BCUT2D eigenvalue weighted by Crippen LogP contribution is 2.27. The standard InChI is InChI=1S/C25H25N3O3S/c1-3-28(4-2)22-14-12-21(13-15-22)27-32(29,30)23-16-10-20(11-17-23)25-26-18-24(31-25)19-8-6-5-7-9-19/h5-18,27H,3-4H2,1-2H3. The van der Waals surface area contributed by atoms with Crippen LogP contribution in [0.1, 0.15) is 13.8 Å². The molecule has 3 aromatic carbocycles. The second kappa shape index (κ2) is 9.28. The van der Waals surface area contributed by atoms with Crippen LogP contribution in [-0.2, 0) is 10.0 Å².